The highest BCUT2D eigenvalue weighted by atomic mass is 79.9. The number of hydrazone groups is 1. The Morgan fingerprint density at radius 2 is 1.76 bits per heavy atom. The van der Waals surface area contributed by atoms with E-state index in [1.54, 1.807) is 42.5 Å². The molecule has 0 saturated heterocycles. The number of hydrogen-bond donors (Lipinski definition) is 2. The number of carbonyl (C=O) groups excluding carboxylic acids is 3. The lowest BCUT2D eigenvalue weighted by molar-refractivity contribution is -0.384. The zero-order valence-electron chi connectivity index (χ0n) is 17.4. The van der Waals surface area contributed by atoms with Gasteiger partial charge in [-0.2, -0.15) is 5.10 Å². The molecule has 2 amide bonds. The lowest BCUT2D eigenvalue weighted by Crippen LogP contribution is -2.35. The molecule has 0 bridgehead atoms. The Labute approximate surface area is 201 Å². The molecule has 0 spiro atoms. The molecule has 172 valence electrons. The summed E-state index contributed by atoms with van der Waals surface area (Å²) in [6, 6.07) is 18.2. The van der Waals surface area contributed by atoms with Crippen LogP contribution in [0.2, 0.25) is 0 Å². The summed E-state index contributed by atoms with van der Waals surface area (Å²) < 4.78 is 5.89. The molecule has 0 aliphatic carbocycles. The molecule has 10 nitrogen and oxygen atoms in total. The summed E-state index contributed by atoms with van der Waals surface area (Å²) in [6.07, 6.45) is 1.34. The summed E-state index contributed by atoms with van der Waals surface area (Å²) in [7, 11) is 0. The summed E-state index contributed by atoms with van der Waals surface area (Å²) in [5.74, 6) is -1.40. The molecule has 0 heterocycles. The van der Waals surface area contributed by atoms with Crippen molar-refractivity contribution in [1.29, 1.82) is 0 Å². The fourth-order valence-electron chi connectivity index (χ4n) is 2.66. The van der Waals surface area contributed by atoms with E-state index in [-0.39, 0.29) is 23.5 Å². The van der Waals surface area contributed by atoms with Gasteiger partial charge in [0.1, 0.15) is 5.75 Å². The third-order valence-corrected chi connectivity index (χ3v) is 5.00. The maximum absolute atomic E-state index is 12.2. The third-order valence-electron chi connectivity index (χ3n) is 4.31. The maximum Gasteiger partial charge on any atom is 0.343 e. The van der Waals surface area contributed by atoms with Gasteiger partial charge < -0.3 is 10.1 Å². The SMILES string of the molecule is O=C(CNC(=O)c1ccccc1Br)NN=Cc1cccc(OC(=O)c2ccc([N+](=O)[O-])cc2)c1. The Balaban J connectivity index is 1.51. The molecule has 0 aromatic heterocycles. The van der Waals surface area contributed by atoms with Crippen LogP contribution >= 0.6 is 15.9 Å². The quantitative estimate of drug-likeness (QED) is 0.152. The predicted octanol–water partition coefficient (Wildman–Crippen LogP) is 3.46. The van der Waals surface area contributed by atoms with Crippen LogP contribution in [0.5, 0.6) is 5.75 Å². The molecular weight excluding hydrogens is 508 g/mol. The van der Waals surface area contributed by atoms with Crippen LogP contribution in [-0.4, -0.2) is 35.5 Å². The number of non-ortho nitro benzene ring substituents is 1. The second-order valence-electron chi connectivity index (χ2n) is 6.72. The van der Waals surface area contributed by atoms with E-state index in [4.69, 9.17) is 4.74 Å². The number of nitro groups is 1. The maximum atomic E-state index is 12.2. The molecule has 0 aliphatic rings. The smallest absolute Gasteiger partial charge is 0.343 e. The monoisotopic (exact) mass is 524 g/mol. The summed E-state index contributed by atoms with van der Waals surface area (Å²) >= 11 is 3.27. The predicted molar refractivity (Wildman–Crippen MR) is 127 cm³/mol. The topological polar surface area (TPSA) is 140 Å². The number of amides is 2. The lowest BCUT2D eigenvalue weighted by Gasteiger charge is -2.06. The van der Waals surface area contributed by atoms with Crippen molar-refractivity contribution >= 4 is 45.6 Å². The molecule has 11 heteroatoms. The van der Waals surface area contributed by atoms with E-state index in [0.717, 1.165) is 0 Å². The molecule has 2 N–H and O–H groups in total. The Bertz CT molecular complexity index is 1260. The number of hydrogen-bond acceptors (Lipinski definition) is 7. The van der Waals surface area contributed by atoms with E-state index in [0.29, 0.717) is 15.6 Å². The van der Waals surface area contributed by atoms with E-state index in [2.05, 4.69) is 31.8 Å². The largest absolute Gasteiger partial charge is 0.423 e. The fourth-order valence-corrected chi connectivity index (χ4v) is 3.13. The van der Waals surface area contributed by atoms with Crippen molar-refractivity contribution in [2.75, 3.05) is 6.54 Å². The van der Waals surface area contributed by atoms with Crippen molar-refractivity contribution in [2.24, 2.45) is 5.10 Å². The van der Waals surface area contributed by atoms with Gasteiger partial charge in [0.05, 0.1) is 28.8 Å². The van der Waals surface area contributed by atoms with Crippen LogP contribution in [0.25, 0.3) is 0 Å². The molecule has 3 aromatic rings. The lowest BCUT2D eigenvalue weighted by atomic mass is 10.2. The number of esters is 1. The number of halogens is 1. The van der Waals surface area contributed by atoms with Gasteiger partial charge in [-0.3, -0.25) is 19.7 Å². The summed E-state index contributed by atoms with van der Waals surface area (Å²) in [5, 5.41) is 17.0. The van der Waals surface area contributed by atoms with E-state index < -0.39 is 22.7 Å². The van der Waals surface area contributed by atoms with Gasteiger partial charge in [-0.1, -0.05) is 24.3 Å². The number of nitrogens with one attached hydrogen (secondary N) is 2. The van der Waals surface area contributed by atoms with Crippen molar-refractivity contribution in [3.63, 3.8) is 0 Å². The van der Waals surface area contributed by atoms with Crippen LogP contribution in [0.15, 0.2) is 82.4 Å². The highest BCUT2D eigenvalue weighted by molar-refractivity contribution is 9.10. The Morgan fingerprint density at radius 1 is 1.03 bits per heavy atom. The minimum Gasteiger partial charge on any atom is -0.423 e. The summed E-state index contributed by atoms with van der Waals surface area (Å²) in [5.41, 5.74) is 3.25. The minimum atomic E-state index is -0.682. The number of rotatable bonds is 8. The van der Waals surface area contributed by atoms with E-state index in [1.807, 2.05) is 0 Å². The molecule has 3 rings (SSSR count). The van der Waals surface area contributed by atoms with Gasteiger partial charge in [0.15, 0.2) is 0 Å². The average molecular weight is 525 g/mol. The molecule has 0 unspecified atom stereocenters. The zero-order chi connectivity index (χ0) is 24.5. The summed E-state index contributed by atoms with van der Waals surface area (Å²) in [4.78, 5) is 46.4. The summed E-state index contributed by atoms with van der Waals surface area (Å²) in [6.45, 7) is -0.273. The number of nitro benzene ring substituents is 1. The van der Waals surface area contributed by atoms with Crippen LogP contribution < -0.4 is 15.5 Å². The van der Waals surface area contributed by atoms with Crippen LogP contribution in [0, 0.1) is 10.1 Å². The van der Waals surface area contributed by atoms with Crippen molar-refractivity contribution in [2.45, 2.75) is 0 Å². The van der Waals surface area contributed by atoms with Gasteiger partial charge in [-0.05, 0) is 57.9 Å². The average Bonchev–Trinajstić information content (AvgIpc) is 2.83. The zero-order valence-corrected chi connectivity index (χ0v) is 19.0. The van der Waals surface area contributed by atoms with E-state index in [9.17, 15) is 24.5 Å². The normalized spacial score (nSPS) is 10.5. The molecule has 0 fully saturated rings. The highest BCUT2D eigenvalue weighted by Gasteiger charge is 2.12. The van der Waals surface area contributed by atoms with Crippen molar-refractivity contribution < 1.29 is 24.0 Å². The molecule has 0 atom stereocenters. The van der Waals surface area contributed by atoms with Gasteiger partial charge in [0.25, 0.3) is 17.5 Å². The van der Waals surface area contributed by atoms with Gasteiger partial charge in [-0.15, -0.1) is 0 Å². The van der Waals surface area contributed by atoms with Crippen LogP contribution in [0.4, 0.5) is 5.69 Å². The molecule has 3 aromatic carbocycles. The number of benzene rings is 3. The van der Waals surface area contributed by atoms with Crippen molar-refractivity contribution in [3.05, 3.63) is 104 Å². The molecule has 0 saturated carbocycles. The van der Waals surface area contributed by atoms with E-state index >= 15 is 0 Å². The number of ether oxygens (including phenoxy) is 1. The number of nitrogens with zero attached hydrogens (tertiary/aromatic N) is 2. The minimum absolute atomic E-state index is 0.135. The van der Waals surface area contributed by atoms with Gasteiger partial charge >= 0.3 is 5.97 Å². The first-order chi connectivity index (χ1) is 16.3. The highest BCUT2D eigenvalue weighted by Crippen LogP contribution is 2.17. The Kier molecular flexibility index (Phi) is 8.19. The fraction of sp³-hybridized carbons (Fsp3) is 0.0435. The number of carbonyl (C=O) groups is 3. The van der Waals surface area contributed by atoms with Crippen LogP contribution in [0.1, 0.15) is 26.3 Å². The first-order valence-electron chi connectivity index (χ1n) is 9.75. The van der Waals surface area contributed by atoms with Gasteiger partial charge in [0.2, 0.25) is 0 Å². The second kappa shape index (κ2) is 11.5. The second-order valence-corrected chi connectivity index (χ2v) is 7.58. The third kappa shape index (κ3) is 6.81. The Hall–Kier alpha value is -4.38. The molecule has 0 aliphatic heterocycles. The first-order valence-corrected chi connectivity index (χ1v) is 10.5. The van der Waals surface area contributed by atoms with Crippen molar-refractivity contribution in [3.8, 4) is 5.75 Å². The van der Waals surface area contributed by atoms with Crippen LogP contribution in [-0.2, 0) is 4.79 Å². The molecule has 0 radical (unpaired) electrons. The Morgan fingerprint density at radius 3 is 2.47 bits per heavy atom. The van der Waals surface area contributed by atoms with Gasteiger partial charge in [-0.25, -0.2) is 10.2 Å². The molecule has 34 heavy (non-hydrogen) atoms. The van der Waals surface area contributed by atoms with Crippen molar-refractivity contribution in [1.82, 2.24) is 10.7 Å². The van der Waals surface area contributed by atoms with E-state index in [1.165, 1.54) is 36.5 Å². The first kappa shape index (κ1) is 24.3. The van der Waals surface area contributed by atoms with Crippen LogP contribution in [0.3, 0.4) is 0 Å². The van der Waals surface area contributed by atoms with Gasteiger partial charge in [0, 0.05) is 16.6 Å². The molecular formula is C23H17BrN4O6. The standard InChI is InChI=1S/C23H17BrN4O6/c24-20-7-2-1-6-19(20)22(30)25-14-21(29)27-26-13-15-4-3-5-18(12-15)34-23(31)16-8-10-17(11-9-16)28(32)33/h1-13H,14H2,(H,25,30)(H,27,29).